The number of likely N-dealkylation sites (tertiary alicyclic amines) is 1. The standard InChI is InChI=1S/C17H28N2O5/c1-6-13(20)14(15(21)23-5)18-9-11-7-8-12(10-18)19(11)16(22)24-17(2,3)4/h11-12,14H,6-10H2,1-5H3/t11-,12+,14?. The van der Waals surface area contributed by atoms with Crippen molar-refractivity contribution in [3.05, 3.63) is 0 Å². The molecule has 0 saturated carbocycles. The van der Waals surface area contributed by atoms with Crippen LogP contribution in [0.1, 0.15) is 47.0 Å². The van der Waals surface area contributed by atoms with Crippen molar-refractivity contribution in [1.82, 2.24) is 9.80 Å². The summed E-state index contributed by atoms with van der Waals surface area (Å²) in [4.78, 5) is 40.4. The van der Waals surface area contributed by atoms with Crippen molar-refractivity contribution in [1.29, 1.82) is 0 Å². The fraction of sp³-hybridized carbons (Fsp3) is 0.824. The van der Waals surface area contributed by atoms with E-state index >= 15 is 0 Å². The highest BCUT2D eigenvalue weighted by Crippen LogP contribution is 2.32. The molecule has 2 fully saturated rings. The van der Waals surface area contributed by atoms with Gasteiger partial charge in [-0.05, 0) is 33.6 Å². The second-order valence-corrected chi connectivity index (χ2v) is 7.47. The van der Waals surface area contributed by atoms with Gasteiger partial charge in [0.05, 0.1) is 7.11 Å². The van der Waals surface area contributed by atoms with Crippen LogP contribution in [0.2, 0.25) is 0 Å². The Bertz CT molecular complexity index is 484. The van der Waals surface area contributed by atoms with Crippen molar-refractivity contribution >= 4 is 17.8 Å². The van der Waals surface area contributed by atoms with E-state index < -0.39 is 17.6 Å². The second kappa shape index (κ2) is 7.09. The average molecular weight is 340 g/mol. The number of esters is 1. The number of fused-ring (bicyclic) bond motifs is 2. The molecule has 3 atom stereocenters. The molecule has 2 saturated heterocycles. The molecule has 0 aromatic carbocycles. The minimum absolute atomic E-state index is 0.0320. The average Bonchev–Trinajstić information content (AvgIpc) is 2.76. The molecule has 7 heteroatoms. The van der Waals surface area contributed by atoms with E-state index in [1.807, 2.05) is 25.7 Å². The topological polar surface area (TPSA) is 76.2 Å². The molecule has 0 radical (unpaired) electrons. The summed E-state index contributed by atoms with van der Waals surface area (Å²) in [6, 6.07) is -0.935. The molecule has 2 heterocycles. The van der Waals surface area contributed by atoms with Gasteiger partial charge in [-0.15, -0.1) is 0 Å². The monoisotopic (exact) mass is 340 g/mol. The van der Waals surface area contributed by atoms with E-state index in [4.69, 9.17) is 9.47 Å². The van der Waals surface area contributed by atoms with Crippen LogP contribution in [-0.4, -0.2) is 71.6 Å². The molecule has 0 spiro atoms. The molecular formula is C17H28N2O5. The molecule has 0 aliphatic carbocycles. The number of amides is 1. The van der Waals surface area contributed by atoms with Gasteiger partial charge < -0.3 is 9.47 Å². The number of nitrogens with zero attached hydrogens (tertiary/aromatic N) is 2. The van der Waals surface area contributed by atoms with Crippen LogP contribution >= 0.6 is 0 Å². The van der Waals surface area contributed by atoms with Crippen molar-refractivity contribution in [3.63, 3.8) is 0 Å². The molecule has 7 nitrogen and oxygen atoms in total. The Morgan fingerprint density at radius 2 is 1.67 bits per heavy atom. The Hall–Kier alpha value is -1.63. The van der Waals surface area contributed by atoms with Crippen LogP contribution in [0.3, 0.4) is 0 Å². The molecule has 2 aliphatic rings. The van der Waals surface area contributed by atoms with Crippen LogP contribution in [0.5, 0.6) is 0 Å². The smallest absolute Gasteiger partial charge is 0.410 e. The quantitative estimate of drug-likeness (QED) is 0.571. The van der Waals surface area contributed by atoms with Crippen molar-refractivity contribution < 1.29 is 23.9 Å². The number of piperazine rings is 1. The number of hydrogen-bond acceptors (Lipinski definition) is 6. The second-order valence-electron chi connectivity index (χ2n) is 7.47. The maximum absolute atomic E-state index is 12.5. The number of ether oxygens (including phenoxy) is 2. The number of Topliss-reactive ketones (excluding diaryl/α,β-unsaturated/α-hetero) is 1. The predicted octanol–water partition coefficient (Wildman–Crippen LogP) is 1.59. The first-order chi connectivity index (χ1) is 11.2. The van der Waals surface area contributed by atoms with E-state index in [0.717, 1.165) is 12.8 Å². The summed E-state index contributed by atoms with van der Waals surface area (Å²) in [7, 11) is 1.30. The Morgan fingerprint density at radius 3 is 2.08 bits per heavy atom. The van der Waals surface area contributed by atoms with Gasteiger partial charge >= 0.3 is 12.1 Å². The minimum atomic E-state index is -0.871. The fourth-order valence-electron chi connectivity index (χ4n) is 3.55. The minimum Gasteiger partial charge on any atom is -0.468 e. The summed E-state index contributed by atoms with van der Waals surface area (Å²) in [6.07, 6.45) is 1.68. The Balaban J connectivity index is 2.12. The summed E-state index contributed by atoms with van der Waals surface area (Å²) in [5, 5.41) is 0. The molecule has 1 unspecified atom stereocenters. The van der Waals surface area contributed by atoms with Crippen molar-refractivity contribution in [2.75, 3.05) is 20.2 Å². The Kier molecular flexibility index (Phi) is 5.52. The van der Waals surface area contributed by atoms with Gasteiger partial charge in [-0.2, -0.15) is 0 Å². The first kappa shape index (κ1) is 18.7. The Labute approximate surface area is 143 Å². The van der Waals surface area contributed by atoms with Gasteiger partial charge in [0.1, 0.15) is 5.60 Å². The lowest BCUT2D eigenvalue weighted by atomic mass is 10.1. The number of hydrogen-bond donors (Lipinski definition) is 0. The number of carbonyl (C=O) groups excluding carboxylic acids is 3. The zero-order valence-electron chi connectivity index (χ0n) is 15.2. The van der Waals surface area contributed by atoms with Gasteiger partial charge in [0.15, 0.2) is 11.8 Å². The number of rotatable bonds is 4. The van der Waals surface area contributed by atoms with E-state index in [9.17, 15) is 14.4 Å². The molecule has 2 aliphatic heterocycles. The largest absolute Gasteiger partial charge is 0.468 e. The molecule has 0 N–H and O–H groups in total. The normalized spacial score (nSPS) is 25.3. The zero-order valence-corrected chi connectivity index (χ0v) is 15.2. The zero-order chi connectivity index (χ0) is 18.1. The van der Waals surface area contributed by atoms with Gasteiger partial charge in [-0.3, -0.25) is 14.6 Å². The molecule has 1 amide bonds. The molecule has 24 heavy (non-hydrogen) atoms. The van der Waals surface area contributed by atoms with Gasteiger partial charge in [-0.1, -0.05) is 6.92 Å². The summed E-state index contributed by atoms with van der Waals surface area (Å²) < 4.78 is 10.3. The highest BCUT2D eigenvalue weighted by molar-refractivity contribution is 6.03. The Morgan fingerprint density at radius 1 is 1.12 bits per heavy atom. The molecule has 2 rings (SSSR count). The highest BCUT2D eigenvalue weighted by Gasteiger charge is 2.47. The molecule has 0 aromatic rings. The van der Waals surface area contributed by atoms with E-state index in [1.54, 1.807) is 11.8 Å². The van der Waals surface area contributed by atoms with Crippen molar-refractivity contribution in [2.24, 2.45) is 0 Å². The predicted molar refractivity (Wildman–Crippen MR) is 87.6 cm³/mol. The molecule has 0 aromatic heterocycles. The third-order valence-corrected chi connectivity index (χ3v) is 4.56. The first-order valence-corrected chi connectivity index (χ1v) is 8.53. The van der Waals surface area contributed by atoms with Crippen LogP contribution in [0.15, 0.2) is 0 Å². The van der Waals surface area contributed by atoms with Gasteiger partial charge in [-0.25, -0.2) is 9.59 Å². The maximum Gasteiger partial charge on any atom is 0.410 e. The van der Waals surface area contributed by atoms with Gasteiger partial charge in [0.2, 0.25) is 0 Å². The van der Waals surface area contributed by atoms with Crippen LogP contribution in [0.25, 0.3) is 0 Å². The number of ketones is 1. The van der Waals surface area contributed by atoms with Gasteiger partial charge in [0.25, 0.3) is 0 Å². The number of methoxy groups -OCH3 is 1. The van der Waals surface area contributed by atoms with Crippen molar-refractivity contribution in [3.8, 4) is 0 Å². The lowest BCUT2D eigenvalue weighted by Crippen LogP contribution is -2.61. The number of carbonyl (C=O) groups is 3. The maximum atomic E-state index is 12.5. The highest BCUT2D eigenvalue weighted by atomic mass is 16.6. The van der Waals surface area contributed by atoms with E-state index in [0.29, 0.717) is 13.1 Å². The molecular weight excluding hydrogens is 312 g/mol. The van der Waals surface area contributed by atoms with Crippen LogP contribution in [-0.2, 0) is 19.1 Å². The SMILES string of the molecule is CCC(=O)C(C(=O)OC)N1C[C@H]2CC[C@@H](C1)N2C(=O)OC(C)(C)C. The summed E-state index contributed by atoms with van der Waals surface area (Å²) >= 11 is 0. The van der Waals surface area contributed by atoms with Crippen LogP contribution < -0.4 is 0 Å². The summed E-state index contributed by atoms with van der Waals surface area (Å²) in [5.74, 6) is -0.668. The fourth-order valence-corrected chi connectivity index (χ4v) is 3.55. The van der Waals surface area contributed by atoms with Crippen LogP contribution in [0, 0.1) is 0 Å². The lowest BCUT2D eigenvalue weighted by molar-refractivity contribution is -0.152. The third kappa shape index (κ3) is 3.88. The molecule has 136 valence electrons. The first-order valence-electron chi connectivity index (χ1n) is 8.53. The van der Waals surface area contributed by atoms with E-state index in [-0.39, 0.29) is 30.4 Å². The van der Waals surface area contributed by atoms with E-state index in [2.05, 4.69) is 0 Å². The summed E-state index contributed by atoms with van der Waals surface area (Å²) in [6.45, 7) is 8.25. The van der Waals surface area contributed by atoms with Gasteiger partial charge in [0, 0.05) is 31.6 Å². The molecule has 2 bridgehead atoms. The summed E-state index contributed by atoms with van der Waals surface area (Å²) in [5.41, 5.74) is -0.541. The van der Waals surface area contributed by atoms with E-state index in [1.165, 1.54) is 7.11 Å². The van der Waals surface area contributed by atoms with Crippen molar-refractivity contribution in [2.45, 2.75) is 70.7 Å². The third-order valence-electron chi connectivity index (χ3n) is 4.56. The van der Waals surface area contributed by atoms with Crippen LogP contribution in [0.4, 0.5) is 4.79 Å². The lowest BCUT2D eigenvalue weighted by Gasteiger charge is -2.43.